The first-order chi connectivity index (χ1) is 16.7. The quantitative estimate of drug-likeness (QED) is 0.195. The van der Waals surface area contributed by atoms with Crippen molar-refractivity contribution in [3.05, 3.63) is 87.7 Å². The Hall–Kier alpha value is -4.85. The average molecular weight is 480 g/mol. The predicted octanol–water partition coefficient (Wildman–Crippen LogP) is 6.35. The third kappa shape index (κ3) is 4.91. The van der Waals surface area contributed by atoms with E-state index in [1.165, 1.54) is 19.2 Å². The van der Waals surface area contributed by atoms with Crippen molar-refractivity contribution >= 4 is 28.4 Å². The van der Waals surface area contributed by atoms with E-state index in [9.17, 15) is 28.5 Å². The van der Waals surface area contributed by atoms with E-state index in [0.717, 1.165) is 11.6 Å². The fourth-order valence-electron chi connectivity index (χ4n) is 3.30. The number of nitro benzene ring substituents is 1. The molecule has 11 heteroatoms. The summed E-state index contributed by atoms with van der Waals surface area (Å²) in [6, 6.07) is 15.9. The maximum absolute atomic E-state index is 13.0. The number of H-pyrrole nitrogens is 1. The first-order valence-electron chi connectivity index (χ1n) is 9.98. The summed E-state index contributed by atoms with van der Waals surface area (Å²) < 4.78 is 49.7. The van der Waals surface area contributed by atoms with Crippen molar-refractivity contribution in [3.63, 3.8) is 0 Å². The molecule has 176 valence electrons. The van der Waals surface area contributed by atoms with E-state index >= 15 is 0 Å². The molecule has 0 radical (unpaired) electrons. The van der Waals surface area contributed by atoms with Gasteiger partial charge >= 0.3 is 11.9 Å². The van der Waals surface area contributed by atoms with Crippen LogP contribution >= 0.6 is 0 Å². The summed E-state index contributed by atoms with van der Waals surface area (Å²) in [6.07, 6.45) is -3.18. The molecule has 0 amide bonds. The van der Waals surface area contributed by atoms with Gasteiger partial charge < -0.3 is 14.5 Å². The number of benzene rings is 3. The van der Waals surface area contributed by atoms with Crippen LogP contribution in [0.4, 0.5) is 18.9 Å². The lowest BCUT2D eigenvalue weighted by molar-refractivity contribution is -0.385. The molecular weight excluding hydrogens is 465 g/mol. The van der Waals surface area contributed by atoms with Gasteiger partial charge in [-0.05, 0) is 48.0 Å². The zero-order valence-corrected chi connectivity index (χ0v) is 18.0. The van der Waals surface area contributed by atoms with Gasteiger partial charge in [0.2, 0.25) is 5.75 Å². The van der Waals surface area contributed by atoms with Crippen LogP contribution in [0.5, 0.6) is 17.2 Å². The number of nitrogens with zero attached hydrogens (tertiary/aromatic N) is 3. The van der Waals surface area contributed by atoms with Crippen molar-refractivity contribution < 1.29 is 27.6 Å². The molecule has 0 aliphatic carbocycles. The highest BCUT2D eigenvalue weighted by atomic mass is 19.4. The molecule has 0 fully saturated rings. The van der Waals surface area contributed by atoms with E-state index in [1.807, 2.05) is 18.2 Å². The van der Waals surface area contributed by atoms with Crippen LogP contribution in [0.25, 0.3) is 22.7 Å². The third-order valence-corrected chi connectivity index (χ3v) is 4.97. The van der Waals surface area contributed by atoms with Gasteiger partial charge in [0.15, 0.2) is 11.5 Å². The van der Waals surface area contributed by atoms with Crippen molar-refractivity contribution in [1.29, 1.82) is 5.26 Å². The van der Waals surface area contributed by atoms with Gasteiger partial charge in [-0.25, -0.2) is 4.98 Å². The molecule has 1 N–H and O–H groups in total. The molecule has 0 saturated carbocycles. The number of aromatic nitrogens is 2. The van der Waals surface area contributed by atoms with E-state index in [0.29, 0.717) is 29.0 Å². The summed E-state index contributed by atoms with van der Waals surface area (Å²) in [6.45, 7) is 0. The minimum absolute atomic E-state index is 0.0368. The van der Waals surface area contributed by atoms with Crippen LogP contribution in [0, 0.1) is 21.4 Å². The highest BCUT2D eigenvalue weighted by Crippen LogP contribution is 2.40. The first kappa shape index (κ1) is 23.3. The van der Waals surface area contributed by atoms with Crippen molar-refractivity contribution in [2.75, 3.05) is 7.11 Å². The van der Waals surface area contributed by atoms with Gasteiger partial charge in [-0.3, -0.25) is 10.1 Å². The molecule has 1 aromatic heterocycles. The molecule has 0 bridgehead atoms. The normalized spacial score (nSPS) is 11.8. The number of alkyl halides is 3. The number of nitro groups is 1. The molecule has 3 aromatic carbocycles. The summed E-state index contributed by atoms with van der Waals surface area (Å²) in [7, 11) is 1.33. The second kappa shape index (κ2) is 9.18. The molecule has 4 aromatic rings. The van der Waals surface area contributed by atoms with Crippen LogP contribution in [0.2, 0.25) is 0 Å². The van der Waals surface area contributed by atoms with Gasteiger partial charge in [0.05, 0.1) is 34.2 Å². The van der Waals surface area contributed by atoms with Crippen molar-refractivity contribution in [2.24, 2.45) is 0 Å². The number of methoxy groups -OCH3 is 1. The van der Waals surface area contributed by atoms with Gasteiger partial charge in [0.25, 0.3) is 0 Å². The molecule has 0 saturated heterocycles. The minimum Gasteiger partial charge on any atom is -0.493 e. The van der Waals surface area contributed by atoms with Gasteiger partial charge in [-0.1, -0.05) is 18.2 Å². The molecular formula is C24H15F3N4O4. The maximum atomic E-state index is 13.0. The summed E-state index contributed by atoms with van der Waals surface area (Å²) in [4.78, 5) is 17.8. The number of ether oxygens (including phenoxy) is 2. The Balaban J connectivity index is 1.67. The van der Waals surface area contributed by atoms with E-state index in [1.54, 1.807) is 18.2 Å². The number of hydrogen-bond donors (Lipinski definition) is 1. The van der Waals surface area contributed by atoms with Crippen molar-refractivity contribution in [1.82, 2.24) is 9.97 Å². The number of halogens is 3. The van der Waals surface area contributed by atoms with Gasteiger partial charge in [0, 0.05) is 6.07 Å². The first-order valence-corrected chi connectivity index (χ1v) is 9.98. The number of nitrogens with one attached hydrogen (secondary N) is 1. The number of nitriles is 1. The lowest BCUT2D eigenvalue weighted by Crippen LogP contribution is -2.06. The van der Waals surface area contributed by atoms with E-state index in [4.69, 9.17) is 9.47 Å². The van der Waals surface area contributed by atoms with Crippen LogP contribution in [-0.4, -0.2) is 22.0 Å². The predicted molar refractivity (Wildman–Crippen MR) is 121 cm³/mol. The average Bonchev–Trinajstić information content (AvgIpc) is 3.26. The lowest BCUT2D eigenvalue weighted by atomic mass is 10.1. The molecule has 0 unspecified atom stereocenters. The molecule has 35 heavy (non-hydrogen) atoms. The van der Waals surface area contributed by atoms with Crippen molar-refractivity contribution in [3.8, 4) is 23.3 Å². The van der Waals surface area contributed by atoms with Crippen LogP contribution < -0.4 is 9.47 Å². The van der Waals surface area contributed by atoms with Gasteiger partial charge in [-0.2, -0.15) is 18.4 Å². The number of aromatic amines is 1. The summed E-state index contributed by atoms with van der Waals surface area (Å²) in [5.74, 6) is 0.169. The zero-order chi connectivity index (χ0) is 25.2. The Kier molecular flexibility index (Phi) is 6.12. The van der Waals surface area contributed by atoms with E-state index in [2.05, 4.69) is 16.0 Å². The summed E-state index contributed by atoms with van der Waals surface area (Å²) in [5, 5.41) is 21.0. The standard InChI is InChI=1S/C24H15F3N4O4/c1-34-22-11-14(10-15(13-28)23-29-17-4-2-3-5-18(17)30-23)6-8-21(22)35-20-9-7-16(24(25,26)27)12-19(20)31(32)33/h2-12H,1H3,(H,29,30). The largest absolute Gasteiger partial charge is 0.493 e. The Morgan fingerprint density at radius 1 is 1.11 bits per heavy atom. The second-order valence-corrected chi connectivity index (χ2v) is 7.22. The molecule has 0 aliphatic heterocycles. The van der Waals surface area contributed by atoms with Crippen LogP contribution in [0.15, 0.2) is 60.7 Å². The van der Waals surface area contributed by atoms with Crippen LogP contribution in [-0.2, 0) is 6.18 Å². The Bertz CT molecular complexity index is 1470. The maximum Gasteiger partial charge on any atom is 0.416 e. The molecule has 8 nitrogen and oxygen atoms in total. The number of hydrogen-bond acceptors (Lipinski definition) is 6. The molecule has 0 atom stereocenters. The van der Waals surface area contributed by atoms with Crippen LogP contribution in [0.3, 0.4) is 0 Å². The topological polar surface area (TPSA) is 114 Å². The highest BCUT2D eigenvalue weighted by Gasteiger charge is 2.33. The van der Waals surface area contributed by atoms with E-state index < -0.39 is 22.4 Å². The minimum atomic E-state index is -4.74. The number of imidazole rings is 1. The Labute approximate surface area is 196 Å². The summed E-state index contributed by atoms with van der Waals surface area (Å²) in [5.41, 5.74) is 0.232. The van der Waals surface area contributed by atoms with Crippen LogP contribution in [0.1, 0.15) is 17.0 Å². The second-order valence-electron chi connectivity index (χ2n) is 7.22. The Morgan fingerprint density at radius 3 is 2.51 bits per heavy atom. The fourth-order valence-corrected chi connectivity index (χ4v) is 3.30. The number of para-hydroxylation sites is 2. The SMILES string of the molecule is COc1cc(C=C(C#N)c2nc3ccccc3[nH]2)ccc1Oc1ccc(C(F)(F)F)cc1[N+](=O)[O-]. The smallest absolute Gasteiger partial charge is 0.416 e. The lowest BCUT2D eigenvalue weighted by Gasteiger charge is -2.13. The highest BCUT2D eigenvalue weighted by molar-refractivity contribution is 5.90. The molecule has 4 rings (SSSR count). The van der Waals surface area contributed by atoms with E-state index in [-0.39, 0.29) is 22.8 Å². The molecule has 0 spiro atoms. The molecule has 0 aliphatic rings. The zero-order valence-electron chi connectivity index (χ0n) is 18.0. The monoisotopic (exact) mass is 480 g/mol. The van der Waals surface area contributed by atoms with Crippen molar-refractivity contribution in [2.45, 2.75) is 6.18 Å². The van der Waals surface area contributed by atoms with Gasteiger partial charge in [0.1, 0.15) is 11.9 Å². The third-order valence-electron chi connectivity index (χ3n) is 4.97. The Morgan fingerprint density at radius 2 is 1.86 bits per heavy atom. The number of rotatable bonds is 6. The van der Waals surface area contributed by atoms with Gasteiger partial charge in [-0.15, -0.1) is 0 Å². The fraction of sp³-hybridized carbons (Fsp3) is 0.0833. The number of allylic oxidation sites excluding steroid dienone is 1. The summed E-state index contributed by atoms with van der Waals surface area (Å²) >= 11 is 0. The number of fused-ring (bicyclic) bond motifs is 1. The molecule has 1 heterocycles.